The third-order valence-electron chi connectivity index (χ3n) is 2.63. The smallest absolute Gasteiger partial charge is 0.164 e. The monoisotopic (exact) mass is 408 g/mol. The molecule has 7 heteroatoms. The fraction of sp³-hybridized carbons (Fsp3) is 0.143. The molecule has 2 rings (SSSR count). The van der Waals surface area contributed by atoms with Crippen LogP contribution in [0.2, 0.25) is 10.0 Å². The van der Waals surface area contributed by atoms with Gasteiger partial charge < -0.3 is 9.47 Å². The van der Waals surface area contributed by atoms with E-state index in [1.165, 1.54) is 7.11 Å². The number of ether oxygens (including phenoxy) is 2. The van der Waals surface area contributed by atoms with Crippen molar-refractivity contribution in [3.05, 3.63) is 44.8 Å². The molecule has 0 amide bonds. The first-order valence-corrected chi connectivity index (χ1v) is 8.87. The molecule has 0 spiro atoms. The highest BCUT2D eigenvalue weighted by molar-refractivity contribution is 9.10. The Bertz CT molecular complexity index is 684. The highest BCUT2D eigenvalue weighted by Gasteiger charge is 2.13. The van der Waals surface area contributed by atoms with Crippen LogP contribution >= 0.6 is 39.1 Å². The summed E-state index contributed by atoms with van der Waals surface area (Å²) >= 11 is 15.5. The van der Waals surface area contributed by atoms with Crippen LogP contribution in [0.25, 0.3) is 0 Å². The number of hydrogen-bond donors (Lipinski definition) is 0. The summed E-state index contributed by atoms with van der Waals surface area (Å²) in [6, 6.07) is 8.40. The van der Waals surface area contributed by atoms with Crippen molar-refractivity contribution in [3.8, 4) is 17.2 Å². The van der Waals surface area contributed by atoms with E-state index in [9.17, 15) is 4.21 Å². The zero-order valence-electron chi connectivity index (χ0n) is 11.2. The van der Waals surface area contributed by atoms with Gasteiger partial charge in [0, 0.05) is 16.8 Å². The van der Waals surface area contributed by atoms with Crippen LogP contribution in [0.4, 0.5) is 0 Å². The molecule has 1 unspecified atom stereocenters. The SMILES string of the molecule is COc1ccc(Oc2c(Cl)cc(Br)cc2Cl)cc1S(C)=O. The molecule has 112 valence electrons. The summed E-state index contributed by atoms with van der Waals surface area (Å²) in [5, 5.41) is 0.758. The van der Waals surface area contributed by atoms with Gasteiger partial charge in [-0.15, -0.1) is 0 Å². The van der Waals surface area contributed by atoms with Crippen LogP contribution in [0.3, 0.4) is 0 Å². The van der Waals surface area contributed by atoms with Gasteiger partial charge >= 0.3 is 0 Å². The summed E-state index contributed by atoms with van der Waals surface area (Å²) in [6.07, 6.45) is 1.57. The molecule has 0 aliphatic carbocycles. The van der Waals surface area contributed by atoms with Gasteiger partial charge in [-0.25, -0.2) is 0 Å². The summed E-state index contributed by atoms with van der Waals surface area (Å²) in [5.41, 5.74) is 0. The Labute approximate surface area is 143 Å². The molecule has 0 aromatic heterocycles. The summed E-state index contributed by atoms with van der Waals surface area (Å²) in [7, 11) is 0.321. The van der Waals surface area contributed by atoms with Gasteiger partial charge in [0.15, 0.2) is 5.75 Å². The predicted molar refractivity (Wildman–Crippen MR) is 89.6 cm³/mol. The van der Waals surface area contributed by atoms with Gasteiger partial charge in [-0.05, 0) is 24.3 Å². The lowest BCUT2D eigenvalue weighted by atomic mass is 10.3. The van der Waals surface area contributed by atoms with Gasteiger partial charge in [0.2, 0.25) is 0 Å². The Morgan fingerprint density at radius 2 is 1.76 bits per heavy atom. The second-order valence-corrected chi connectivity index (χ2v) is 7.15. The molecule has 0 radical (unpaired) electrons. The zero-order chi connectivity index (χ0) is 15.6. The summed E-state index contributed by atoms with van der Waals surface area (Å²) in [4.78, 5) is 0.541. The Morgan fingerprint density at radius 3 is 2.29 bits per heavy atom. The van der Waals surface area contributed by atoms with Crippen LogP contribution in [0, 0.1) is 0 Å². The highest BCUT2D eigenvalue weighted by Crippen LogP contribution is 2.39. The van der Waals surface area contributed by atoms with E-state index in [1.807, 2.05) is 0 Å². The Hall–Kier alpha value is -0.750. The molecule has 0 bridgehead atoms. The van der Waals surface area contributed by atoms with Crippen molar-refractivity contribution in [1.82, 2.24) is 0 Å². The Balaban J connectivity index is 2.41. The molecule has 0 aliphatic rings. The van der Waals surface area contributed by atoms with E-state index in [1.54, 1.807) is 36.6 Å². The molecule has 3 nitrogen and oxygen atoms in total. The predicted octanol–water partition coefficient (Wildman–Crippen LogP) is 5.29. The number of rotatable bonds is 4. The minimum Gasteiger partial charge on any atom is -0.495 e. The molecule has 21 heavy (non-hydrogen) atoms. The molecule has 2 aromatic carbocycles. The Morgan fingerprint density at radius 1 is 1.14 bits per heavy atom. The lowest BCUT2D eigenvalue weighted by molar-refractivity contribution is 0.401. The van der Waals surface area contributed by atoms with E-state index >= 15 is 0 Å². The van der Waals surface area contributed by atoms with Gasteiger partial charge in [0.05, 0.1) is 32.9 Å². The maximum atomic E-state index is 11.7. The maximum absolute atomic E-state index is 11.7. The molecule has 0 N–H and O–H groups in total. The first-order valence-electron chi connectivity index (χ1n) is 5.76. The van der Waals surface area contributed by atoms with Crippen LogP contribution in [-0.4, -0.2) is 17.6 Å². The van der Waals surface area contributed by atoms with Gasteiger partial charge in [0.1, 0.15) is 11.5 Å². The highest BCUT2D eigenvalue weighted by atomic mass is 79.9. The second kappa shape index (κ2) is 7.01. The summed E-state index contributed by atoms with van der Waals surface area (Å²) in [5.74, 6) is 1.36. The third kappa shape index (κ3) is 3.92. The molecule has 0 heterocycles. The van der Waals surface area contributed by atoms with E-state index in [4.69, 9.17) is 32.7 Å². The van der Waals surface area contributed by atoms with E-state index in [2.05, 4.69) is 15.9 Å². The summed E-state index contributed by atoms with van der Waals surface area (Å²) in [6.45, 7) is 0. The van der Waals surface area contributed by atoms with Crippen molar-refractivity contribution in [2.45, 2.75) is 4.90 Å². The minimum atomic E-state index is -1.20. The van der Waals surface area contributed by atoms with Crippen LogP contribution in [-0.2, 0) is 10.8 Å². The van der Waals surface area contributed by atoms with Crippen molar-refractivity contribution in [2.75, 3.05) is 13.4 Å². The van der Waals surface area contributed by atoms with E-state index in [-0.39, 0.29) is 0 Å². The normalized spacial score (nSPS) is 12.0. The first-order chi connectivity index (χ1) is 9.92. The fourth-order valence-corrected chi connectivity index (χ4v) is 3.69. The van der Waals surface area contributed by atoms with Crippen molar-refractivity contribution in [2.24, 2.45) is 0 Å². The largest absolute Gasteiger partial charge is 0.495 e. The van der Waals surface area contributed by atoms with Crippen molar-refractivity contribution < 1.29 is 13.7 Å². The van der Waals surface area contributed by atoms with Crippen molar-refractivity contribution >= 4 is 49.9 Å². The van der Waals surface area contributed by atoms with E-state index < -0.39 is 10.8 Å². The van der Waals surface area contributed by atoms with E-state index in [0.717, 1.165) is 4.47 Å². The number of methoxy groups -OCH3 is 1. The molecule has 0 aliphatic heterocycles. The van der Waals surface area contributed by atoms with Crippen molar-refractivity contribution in [3.63, 3.8) is 0 Å². The van der Waals surface area contributed by atoms with Crippen LogP contribution in [0.5, 0.6) is 17.2 Å². The standard InChI is InChI=1S/C14H11BrCl2O3S/c1-19-12-4-3-9(7-13(12)21(2)18)20-14-10(16)5-8(15)6-11(14)17/h3-7H,1-2H3. The van der Waals surface area contributed by atoms with Crippen LogP contribution < -0.4 is 9.47 Å². The zero-order valence-corrected chi connectivity index (χ0v) is 15.1. The van der Waals surface area contributed by atoms with Gasteiger partial charge in [0.25, 0.3) is 0 Å². The number of halogens is 3. The summed E-state index contributed by atoms with van der Waals surface area (Å²) < 4.78 is 23.4. The topological polar surface area (TPSA) is 35.5 Å². The number of benzene rings is 2. The molecule has 0 saturated carbocycles. The van der Waals surface area contributed by atoms with Crippen LogP contribution in [0.1, 0.15) is 0 Å². The molecular formula is C14H11BrCl2O3S. The molecule has 1 atom stereocenters. The first kappa shape index (κ1) is 16.6. The fourth-order valence-electron chi connectivity index (χ4n) is 1.69. The van der Waals surface area contributed by atoms with Gasteiger partial charge in [-0.2, -0.15) is 0 Å². The molecule has 0 saturated heterocycles. The maximum Gasteiger partial charge on any atom is 0.164 e. The third-order valence-corrected chi connectivity index (χ3v) is 4.59. The lowest BCUT2D eigenvalue weighted by Crippen LogP contribution is -1.95. The van der Waals surface area contributed by atoms with Gasteiger partial charge in [-0.1, -0.05) is 39.1 Å². The second-order valence-electron chi connectivity index (χ2n) is 4.07. The van der Waals surface area contributed by atoms with Crippen LogP contribution in [0.15, 0.2) is 39.7 Å². The lowest BCUT2D eigenvalue weighted by Gasteiger charge is -2.12. The average Bonchev–Trinajstić information content (AvgIpc) is 2.42. The minimum absolute atomic E-state index is 0.347. The number of hydrogen-bond acceptors (Lipinski definition) is 3. The van der Waals surface area contributed by atoms with Gasteiger partial charge in [-0.3, -0.25) is 4.21 Å². The molecule has 0 fully saturated rings. The Kier molecular flexibility index (Phi) is 5.54. The van der Waals surface area contributed by atoms with Crippen molar-refractivity contribution in [1.29, 1.82) is 0 Å². The quantitative estimate of drug-likeness (QED) is 0.687. The van der Waals surface area contributed by atoms with E-state index in [0.29, 0.717) is 32.2 Å². The molecule has 2 aromatic rings. The average molecular weight is 410 g/mol. The molecular weight excluding hydrogens is 399 g/mol.